The van der Waals surface area contributed by atoms with Gasteiger partial charge in [0.15, 0.2) is 0 Å². The minimum absolute atomic E-state index is 0.130. The van der Waals surface area contributed by atoms with Gasteiger partial charge in [-0.2, -0.15) is 5.06 Å². The molecule has 2 aliphatic heterocycles. The molecule has 0 radical (unpaired) electrons. The number of hydrogen-bond acceptors (Lipinski definition) is 5. The van der Waals surface area contributed by atoms with Crippen LogP contribution >= 0.6 is 0 Å². The molecule has 2 amide bonds. The monoisotopic (exact) mass is 264 g/mol. The van der Waals surface area contributed by atoms with Gasteiger partial charge in [-0.15, -0.1) is 5.06 Å². The molecule has 2 heterocycles. The number of fused-ring (bicyclic) bond motifs is 1. The number of benzene rings is 1. The first kappa shape index (κ1) is 13.7. The Labute approximate surface area is 110 Å². The third kappa shape index (κ3) is 2.98. The summed E-state index contributed by atoms with van der Waals surface area (Å²) in [5.41, 5.74) is 0.509. The van der Waals surface area contributed by atoms with Crippen molar-refractivity contribution in [3.63, 3.8) is 0 Å². The molecule has 0 spiro atoms. The third-order valence-electron chi connectivity index (χ3n) is 3.11. The van der Waals surface area contributed by atoms with Gasteiger partial charge in [-0.25, -0.2) is 0 Å². The van der Waals surface area contributed by atoms with Crippen LogP contribution in [0.3, 0.4) is 0 Å². The molecular formula is C13H16N2O4. The predicted octanol–water partition coefficient (Wildman–Crippen LogP) is 1.53. The SMILES string of the molecule is O=C1c2ccccc2C(=O)N1O.ON1CCCCC1. The number of carbonyl (C=O) groups excluding carboxylic acids is 2. The zero-order valence-corrected chi connectivity index (χ0v) is 10.5. The van der Waals surface area contributed by atoms with Gasteiger partial charge >= 0.3 is 0 Å². The molecular weight excluding hydrogens is 248 g/mol. The average Bonchev–Trinajstić information content (AvgIpc) is 2.66. The standard InChI is InChI=1S/C8H5NO3.C5H11NO/c10-7-5-3-1-2-4-6(5)8(11)9(7)12;7-6-4-2-1-3-5-6/h1-4,12H;7H,1-5H2. The van der Waals surface area contributed by atoms with E-state index in [9.17, 15) is 9.59 Å². The van der Waals surface area contributed by atoms with Gasteiger partial charge in [0.05, 0.1) is 11.1 Å². The number of hydrogen-bond donors (Lipinski definition) is 2. The molecule has 0 atom stereocenters. The second-order valence-electron chi connectivity index (χ2n) is 4.48. The van der Waals surface area contributed by atoms with E-state index >= 15 is 0 Å². The topological polar surface area (TPSA) is 81.1 Å². The summed E-state index contributed by atoms with van der Waals surface area (Å²) in [6, 6.07) is 6.30. The van der Waals surface area contributed by atoms with Crippen LogP contribution in [0.15, 0.2) is 24.3 Å². The Kier molecular flexibility index (Phi) is 4.26. The Bertz CT molecular complexity index is 448. The fourth-order valence-electron chi connectivity index (χ4n) is 2.05. The molecule has 6 nitrogen and oxygen atoms in total. The van der Waals surface area contributed by atoms with Crippen molar-refractivity contribution in [2.75, 3.05) is 13.1 Å². The number of nitrogens with zero attached hydrogens (tertiary/aromatic N) is 2. The van der Waals surface area contributed by atoms with E-state index in [1.54, 1.807) is 12.1 Å². The van der Waals surface area contributed by atoms with E-state index in [1.807, 2.05) is 0 Å². The summed E-state index contributed by atoms with van der Waals surface area (Å²) in [6.45, 7) is 1.75. The van der Waals surface area contributed by atoms with Crippen molar-refractivity contribution in [2.24, 2.45) is 0 Å². The van der Waals surface area contributed by atoms with Gasteiger partial charge in [-0.1, -0.05) is 18.6 Å². The molecule has 0 bridgehead atoms. The summed E-state index contributed by atoms with van der Waals surface area (Å²) in [5, 5.41) is 19.2. The van der Waals surface area contributed by atoms with Gasteiger partial charge in [0.1, 0.15) is 0 Å². The van der Waals surface area contributed by atoms with Gasteiger partial charge in [-0.05, 0) is 25.0 Å². The van der Waals surface area contributed by atoms with Crippen LogP contribution in [0.5, 0.6) is 0 Å². The van der Waals surface area contributed by atoms with Gasteiger partial charge < -0.3 is 5.21 Å². The molecule has 6 heteroatoms. The molecule has 2 aliphatic rings. The Hall–Kier alpha value is -1.76. The molecule has 102 valence electrons. The van der Waals surface area contributed by atoms with Crippen LogP contribution in [0.4, 0.5) is 0 Å². The quantitative estimate of drug-likeness (QED) is 0.548. The minimum Gasteiger partial charge on any atom is -0.314 e. The molecule has 1 fully saturated rings. The number of hydroxylamine groups is 4. The smallest absolute Gasteiger partial charge is 0.285 e. The van der Waals surface area contributed by atoms with E-state index < -0.39 is 11.8 Å². The highest BCUT2D eigenvalue weighted by atomic mass is 16.5. The molecule has 2 N–H and O–H groups in total. The summed E-state index contributed by atoms with van der Waals surface area (Å²) in [6.07, 6.45) is 3.62. The summed E-state index contributed by atoms with van der Waals surface area (Å²) in [5.74, 6) is -1.31. The Morgan fingerprint density at radius 1 is 0.842 bits per heavy atom. The van der Waals surface area contributed by atoms with Crippen molar-refractivity contribution >= 4 is 11.8 Å². The zero-order valence-electron chi connectivity index (χ0n) is 10.5. The second kappa shape index (κ2) is 5.92. The van der Waals surface area contributed by atoms with Gasteiger partial charge in [-0.3, -0.25) is 14.8 Å². The van der Waals surface area contributed by atoms with E-state index in [4.69, 9.17) is 10.4 Å². The van der Waals surface area contributed by atoms with Crippen LogP contribution in [0.1, 0.15) is 40.0 Å². The highest BCUT2D eigenvalue weighted by Crippen LogP contribution is 2.19. The number of imide groups is 1. The van der Waals surface area contributed by atoms with Crippen molar-refractivity contribution < 1.29 is 20.0 Å². The normalized spacial score (nSPS) is 18.9. The van der Waals surface area contributed by atoms with Crippen molar-refractivity contribution in [3.8, 4) is 0 Å². The lowest BCUT2D eigenvalue weighted by Crippen LogP contribution is -2.25. The first-order valence-corrected chi connectivity index (χ1v) is 6.22. The first-order valence-electron chi connectivity index (χ1n) is 6.22. The molecule has 1 saturated heterocycles. The largest absolute Gasteiger partial charge is 0.314 e. The van der Waals surface area contributed by atoms with E-state index in [0.717, 1.165) is 25.9 Å². The average molecular weight is 264 g/mol. The van der Waals surface area contributed by atoms with Gasteiger partial charge in [0.2, 0.25) is 0 Å². The minimum atomic E-state index is -0.657. The van der Waals surface area contributed by atoms with Crippen molar-refractivity contribution in [1.29, 1.82) is 0 Å². The van der Waals surface area contributed by atoms with Crippen LogP contribution < -0.4 is 0 Å². The maximum atomic E-state index is 11.1. The molecule has 0 aliphatic carbocycles. The van der Waals surface area contributed by atoms with Crippen LogP contribution in [0.2, 0.25) is 0 Å². The zero-order chi connectivity index (χ0) is 13.8. The number of piperidine rings is 1. The summed E-state index contributed by atoms with van der Waals surface area (Å²) in [4.78, 5) is 22.1. The summed E-state index contributed by atoms with van der Waals surface area (Å²) >= 11 is 0. The highest BCUT2D eigenvalue weighted by Gasteiger charge is 2.33. The van der Waals surface area contributed by atoms with Crippen LogP contribution in [-0.2, 0) is 0 Å². The molecule has 0 aromatic heterocycles. The summed E-state index contributed by atoms with van der Waals surface area (Å²) in [7, 11) is 0. The maximum Gasteiger partial charge on any atom is 0.285 e. The van der Waals surface area contributed by atoms with E-state index in [0.29, 0.717) is 0 Å². The lowest BCUT2D eigenvalue weighted by Gasteiger charge is -2.18. The first-order chi connectivity index (χ1) is 9.11. The lowest BCUT2D eigenvalue weighted by molar-refractivity contribution is -0.103. The number of rotatable bonds is 0. The van der Waals surface area contributed by atoms with Crippen molar-refractivity contribution in [2.45, 2.75) is 19.3 Å². The Balaban J connectivity index is 0.000000163. The number of amides is 2. The molecule has 1 aromatic carbocycles. The Morgan fingerprint density at radius 2 is 1.32 bits per heavy atom. The van der Waals surface area contributed by atoms with Crippen LogP contribution in [0, 0.1) is 0 Å². The summed E-state index contributed by atoms with van der Waals surface area (Å²) < 4.78 is 0. The fourth-order valence-corrected chi connectivity index (χ4v) is 2.05. The van der Waals surface area contributed by atoms with Crippen molar-refractivity contribution in [3.05, 3.63) is 35.4 Å². The van der Waals surface area contributed by atoms with Crippen LogP contribution in [-0.4, -0.2) is 45.4 Å². The fraction of sp³-hybridized carbons (Fsp3) is 0.385. The lowest BCUT2D eigenvalue weighted by atomic mass is 10.1. The molecule has 1 aromatic rings. The number of carbonyl (C=O) groups is 2. The Morgan fingerprint density at radius 3 is 1.68 bits per heavy atom. The predicted molar refractivity (Wildman–Crippen MR) is 65.9 cm³/mol. The van der Waals surface area contributed by atoms with Gasteiger partial charge in [0, 0.05) is 13.1 Å². The molecule has 0 saturated carbocycles. The molecule has 0 unspecified atom stereocenters. The molecule has 3 rings (SSSR count). The van der Waals surface area contributed by atoms with Crippen LogP contribution in [0.25, 0.3) is 0 Å². The van der Waals surface area contributed by atoms with E-state index in [-0.39, 0.29) is 16.2 Å². The maximum absolute atomic E-state index is 11.1. The second-order valence-corrected chi connectivity index (χ2v) is 4.48. The van der Waals surface area contributed by atoms with E-state index in [1.165, 1.54) is 23.6 Å². The third-order valence-corrected chi connectivity index (χ3v) is 3.11. The van der Waals surface area contributed by atoms with Gasteiger partial charge in [0.25, 0.3) is 11.8 Å². The van der Waals surface area contributed by atoms with Crippen molar-refractivity contribution in [1.82, 2.24) is 10.1 Å². The molecule has 19 heavy (non-hydrogen) atoms. The van der Waals surface area contributed by atoms with E-state index in [2.05, 4.69) is 0 Å². The highest BCUT2D eigenvalue weighted by molar-refractivity contribution is 6.20.